The van der Waals surface area contributed by atoms with Crippen LogP contribution in [0.1, 0.15) is 39.5 Å². The molecule has 0 amide bonds. The summed E-state index contributed by atoms with van der Waals surface area (Å²) in [4.78, 5) is 0. The first-order valence-corrected chi connectivity index (χ1v) is 8.05. The van der Waals surface area contributed by atoms with Crippen molar-refractivity contribution in [2.75, 3.05) is 13.2 Å². The first-order chi connectivity index (χ1) is 10.2. The summed E-state index contributed by atoms with van der Waals surface area (Å²) >= 11 is 0. The van der Waals surface area contributed by atoms with Gasteiger partial charge in [0.25, 0.3) is 0 Å². The molecule has 2 aromatic rings. The average molecular weight is 285 g/mol. The smallest absolute Gasteiger partial charge is 0.127 e. The summed E-state index contributed by atoms with van der Waals surface area (Å²) in [6.45, 7) is 6.01. The predicted molar refractivity (Wildman–Crippen MR) is 90.7 cm³/mol. The molecule has 2 heteroatoms. The minimum Gasteiger partial charge on any atom is -0.493 e. The van der Waals surface area contributed by atoms with Crippen molar-refractivity contribution in [3.63, 3.8) is 0 Å². The van der Waals surface area contributed by atoms with Crippen molar-refractivity contribution < 1.29 is 4.74 Å². The van der Waals surface area contributed by atoms with Crippen LogP contribution < -0.4 is 10.5 Å². The summed E-state index contributed by atoms with van der Waals surface area (Å²) in [5, 5.41) is 2.42. The molecule has 0 saturated heterocycles. The minimum absolute atomic E-state index is 0.294. The summed E-state index contributed by atoms with van der Waals surface area (Å²) in [6.07, 6.45) is 4.49. The second kappa shape index (κ2) is 7.46. The van der Waals surface area contributed by atoms with Gasteiger partial charge in [-0.2, -0.15) is 0 Å². The van der Waals surface area contributed by atoms with Crippen LogP contribution in [0.3, 0.4) is 0 Å². The van der Waals surface area contributed by atoms with Crippen LogP contribution in [0, 0.1) is 5.41 Å². The normalized spacial score (nSPS) is 11.8. The van der Waals surface area contributed by atoms with Crippen LogP contribution in [0.15, 0.2) is 42.5 Å². The molecule has 0 bridgehead atoms. The van der Waals surface area contributed by atoms with E-state index >= 15 is 0 Å². The summed E-state index contributed by atoms with van der Waals surface area (Å²) in [7, 11) is 0. The molecular weight excluding hydrogens is 258 g/mol. The zero-order valence-electron chi connectivity index (χ0n) is 13.3. The third-order valence-electron chi connectivity index (χ3n) is 4.79. The molecule has 2 N–H and O–H groups in total. The second-order valence-corrected chi connectivity index (χ2v) is 5.84. The Labute approximate surface area is 128 Å². The van der Waals surface area contributed by atoms with Crippen LogP contribution in [0.4, 0.5) is 0 Å². The van der Waals surface area contributed by atoms with Gasteiger partial charge in [0, 0.05) is 5.39 Å². The quantitative estimate of drug-likeness (QED) is 0.709. The Hall–Kier alpha value is -1.54. The monoisotopic (exact) mass is 285 g/mol. The van der Waals surface area contributed by atoms with Gasteiger partial charge >= 0.3 is 0 Å². The molecule has 0 aliphatic rings. The molecule has 0 saturated carbocycles. The third-order valence-corrected chi connectivity index (χ3v) is 4.79. The van der Waals surface area contributed by atoms with E-state index in [-0.39, 0.29) is 0 Å². The fourth-order valence-electron chi connectivity index (χ4n) is 2.95. The number of hydrogen-bond donors (Lipinski definition) is 1. The average Bonchev–Trinajstić information content (AvgIpc) is 2.56. The van der Waals surface area contributed by atoms with E-state index < -0.39 is 0 Å². The van der Waals surface area contributed by atoms with E-state index in [9.17, 15) is 0 Å². The van der Waals surface area contributed by atoms with Gasteiger partial charge in [-0.05, 0) is 49.1 Å². The molecule has 2 rings (SSSR count). The van der Waals surface area contributed by atoms with Crippen LogP contribution in [0.25, 0.3) is 10.8 Å². The molecule has 0 radical (unpaired) electrons. The highest BCUT2D eigenvalue weighted by atomic mass is 16.5. The molecule has 0 aliphatic heterocycles. The van der Waals surface area contributed by atoms with Gasteiger partial charge in [0.05, 0.1) is 6.61 Å². The van der Waals surface area contributed by atoms with Gasteiger partial charge in [-0.25, -0.2) is 0 Å². The molecule has 2 aromatic carbocycles. The lowest BCUT2D eigenvalue weighted by molar-refractivity contribution is 0.214. The van der Waals surface area contributed by atoms with Crippen molar-refractivity contribution in [3.8, 4) is 5.75 Å². The molecule has 0 spiro atoms. The van der Waals surface area contributed by atoms with E-state index in [4.69, 9.17) is 10.5 Å². The zero-order chi connectivity index (χ0) is 15.1. The van der Waals surface area contributed by atoms with Gasteiger partial charge < -0.3 is 10.5 Å². The SMILES string of the molecule is CCC(CC)(CN)CCCOc1cccc2ccccc12. The maximum absolute atomic E-state index is 6.01. The zero-order valence-corrected chi connectivity index (χ0v) is 13.3. The van der Waals surface area contributed by atoms with E-state index in [0.29, 0.717) is 5.41 Å². The molecule has 0 fully saturated rings. The van der Waals surface area contributed by atoms with E-state index in [0.717, 1.165) is 44.6 Å². The van der Waals surface area contributed by atoms with Gasteiger partial charge in [-0.1, -0.05) is 50.2 Å². The molecule has 0 aromatic heterocycles. The highest BCUT2D eigenvalue weighted by Gasteiger charge is 2.23. The van der Waals surface area contributed by atoms with Crippen molar-refractivity contribution in [3.05, 3.63) is 42.5 Å². The van der Waals surface area contributed by atoms with Crippen molar-refractivity contribution >= 4 is 10.8 Å². The minimum atomic E-state index is 0.294. The largest absolute Gasteiger partial charge is 0.493 e. The molecular formula is C19H27NO. The van der Waals surface area contributed by atoms with Crippen molar-refractivity contribution in [2.45, 2.75) is 39.5 Å². The molecule has 21 heavy (non-hydrogen) atoms. The van der Waals surface area contributed by atoms with Crippen molar-refractivity contribution in [2.24, 2.45) is 11.1 Å². The van der Waals surface area contributed by atoms with Crippen LogP contribution in [0.5, 0.6) is 5.75 Å². The molecule has 2 nitrogen and oxygen atoms in total. The van der Waals surface area contributed by atoms with E-state index in [1.807, 2.05) is 0 Å². The topological polar surface area (TPSA) is 35.2 Å². The molecule has 0 heterocycles. The lowest BCUT2D eigenvalue weighted by Crippen LogP contribution is -2.29. The van der Waals surface area contributed by atoms with Gasteiger partial charge in [0.2, 0.25) is 0 Å². The highest BCUT2D eigenvalue weighted by Crippen LogP contribution is 2.31. The second-order valence-electron chi connectivity index (χ2n) is 5.84. The van der Waals surface area contributed by atoms with Crippen LogP contribution in [0.2, 0.25) is 0 Å². The standard InChI is InChI=1S/C19H27NO/c1-3-19(4-2,15-20)13-8-14-21-18-12-7-10-16-9-5-6-11-17(16)18/h5-7,9-12H,3-4,8,13-15,20H2,1-2H3. The van der Waals surface area contributed by atoms with Crippen LogP contribution in [-0.4, -0.2) is 13.2 Å². The maximum Gasteiger partial charge on any atom is 0.127 e. The molecule has 0 atom stereocenters. The Morgan fingerprint density at radius 1 is 1.00 bits per heavy atom. The lowest BCUT2D eigenvalue weighted by Gasteiger charge is -2.30. The summed E-state index contributed by atoms with van der Waals surface area (Å²) in [6, 6.07) is 14.6. The maximum atomic E-state index is 6.01. The molecule has 0 unspecified atom stereocenters. The van der Waals surface area contributed by atoms with Crippen LogP contribution in [-0.2, 0) is 0 Å². The summed E-state index contributed by atoms with van der Waals surface area (Å²) in [5.41, 5.74) is 6.25. The highest BCUT2D eigenvalue weighted by molar-refractivity contribution is 5.88. The number of fused-ring (bicyclic) bond motifs is 1. The summed E-state index contributed by atoms with van der Waals surface area (Å²) < 4.78 is 6.01. The number of benzene rings is 2. The number of ether oxygens (including phenoxy) is 1. The Bertz CT molecular complexity index is 547. The number of hydrogen-bond acceptors (Lipinski definition) is 2. The van der Waals surface area contributed by atoms with Gasteiger partial charge in [0.1, 0.15) is 5.75 Å². The lowest BCUT2D eigenvalue weighted by atomic mass is 9.78. The van der Waals surface area contributed by atoms with Crippen molar-refractivity contribution in [1.82, 2.24) is 0 Å². The third kappa shape index (κ3) is 3.76. The molecule has 0 aliphatic carbocycles. The van der Waals surface area contributed by atoms with E-state index in [1.54, 1.807) is 0 Å². The van der Waals surface area contributed by atoms with E-state index in [1.165, 1.54) is 10.8 Å². The fraction of sp³-hybridized carbons (Fsp3) is 0.474. The van der Waals surface area contributed by atoms with E-state index in [2.05, 4.69) is 56.3 Å². The van der Waals surface area contributed by atoms with Gasteiger partial charge in [0.15, 0.2) is 0 Å². The summed E-state index contributed by atoms with van der Waals surface area (Å²) in [5.74, 6) is 0.986. The first-order valence-electron chi connectivity index (χ1n) is 8.05. The Balaban J connectivity index is 1.94. The fourth-order valence-corrected chi connectivity index (χ4v) is 2.95. The Kier molecular flexibility index (Phi) is 5.63. The van der Waals surface area contributed by atoms with Gasteiger partial charge in [-0.15, -0.1) is 0 Å². The number of rotatable bonds is 8. The van der Waals surface area contributed by atoms with Gasteiger partial charge in [-0.3, -0.25) is 0 Å². The predicted octanol–water partition coefficient (Wildman–Crippen LogP) is 4.76. The first kappa shape index (κ1) is 15.8. The Morgan fingerprint density at radius 2 is 1.71 bits per heavy atom. The number of nitrogens with two attached hydrogens (primary N) is 1. The van der Waals surface area contributed by atoms with Crippen molar-refractivity contribution in [1.29, 1.82) is 0 Å². The van der Waals surface area contributed by atoms with Crippen LogP contribution >= 0.6 is 0 Å². The molecule has 114 valence electrons. The Morgan fingerprint density at radius 3 is 2.43 bits per heavy atom.